The Morgan fingerprint density at radius 3 is 2.45 bits per heavy atom. The molecule has 0 radical (unpaired) electrons. The van der Waals surface area contributed by atoms with E-state index < -0.39 is 0 Å². The van der Waals surface area contributed by atoms with Gasteiger partial charge in [-0.2, -0.15) is 4.98 Å². The van der Waals surface area contributed by atoms with Crippen LogP contribution < -0.4 is 11.2 Å². The monoisotopic (exact) mass is 418 g/mol. The van der Waals surface area contributed by atoms with E-state index in [4.69, 9.17) is 4.52 Å². The van der Waals surface area contributed by atoms with E-state index in [1.807, 2.05) is 30.3 Å². The molecule has 0 aliphatic rings. The van der Waals surface area contributed by atoms with Gasteiger partial charge < -0.3 is 4.52 Å². The molecule has 0 amide bonds. The minimum absolute atomic E-state index is 0.105. The fourth-order valence-corrected chi connectivity index (χ4v) is 3.70. The van der Waals surface area contributed by atoms with Crippen LogP contribution in [0.25, 0.3) is 22.3 Å². The van der Waals surface area contributed by atoms with Crippen molar-refractivity contribution in [3.05, 3.63) is 80.8 Å². The van der Waals surface area contributed by atoms with Crippen LogP contribution in [0.2, 0.25) is 0 Å². The Balaban J connectivity index is 1.72. The lowest BCUT2D eigenvalue weighted by Crippen LogP contribution is -2.40. The molecule has 0 aliphatic heterocycles. The summed E-state index contributed by atoms with van der Waals surface area (Å²) in [6, 6.07) is 15.1. The van der Waals surface area contributed by atoms with Crippen molar-refractivity contribution in [2.45, 2.75) is 52.6 Å². The van der Waals surface area contributed by atoms with E-state index in [2.05, 4.69) is 24.0 Å². The number of hydrogen-bond donors (Lipinski definition) is 0. The lowest BCUT2D eigenvalue weighted by molar-refractivity contribution is 0.369. The number of aryl methyl sites for hydroxylation is 1. The quantitative estimate of drug-likeness (QED) is 0.404. The number of fused-ring (bicyclic) bond motifs is 1. The maximum absolute atomic E-state index is 13.2. The van der Waals surface area contributed by atoms with Crippen molar-refractivity contribution in [1.82, 2.24) is 19.3 Å². The van der Waals surface area contributed by atoms with Gasteiger partial charge in [0.05, 0.1) is 10.9 Å². The number of hydrogen-bond acceptors (Lipinski definition) is 5. The van der Waals surface area contributed by atoms with Gasteiger partial charge >= 0.3 is 5.69 Å². The topological polar surface area (TPSA) is 82.9 Å². The first-order valence-electron chi connectivity index (χ1n) is 10.8. The minimum atomic E-state index is -0.355. The standard InChI is InChI=1S/C24H26N4O3/c1-3-5-8-15-27-23(29)19-9-6-7-10-20(19)28(24(27)30)16-21-25-22(26-31-21)18-13-11-17(4-2)12-14-18/h6-7,9-14H,3-5,8,15-16H2,1-2H3. The minimum Gasteiger partial charge on any atom is -0.337 e. The molecule has 0 saturated carbocycles. The average molecular weight is 418 g/mol. The molecule has 2 aromatic heterocycles. The van der Waals surface area contributed by atoms with Gasteiger partial charge in [-0.15, -0.1) is 0 Å². The highest BCUT2D eigenvalue weighted by atomic mass is 16.5. The van der Waals surface area contributed by atoms with Crippen molar-refractivity contribution >= 4 is 10.9 Å². The number of unbranched alkanes of at least 4 members (excludes halogenated alkanes) is 2. The average Bonchev–Trinajstić information content (AvgIpc) is 3.28. The lowest BCUT2D eigenvalue weighted by atomic mass is 10.1. The summed E-state index contributed by atoms with van der Waals surface area (Å²) in [5, 5.41) is 4.59. The van der Waals surface area contributed by atoms with Crippen molar-refractivity contribution < 1.29 is 4.52 Å². The SMILES string of the molecule is CCCCCn1c(=O)c2ccccc2n(Cc2nc(-c3ccc(CC)cc3)no2)c1=O. The molecule has 0 saturated heterocycles. The molecule has 31 heavy (non-hydrogen) atoms. The van der Waals surface area contributed by atoms with E-state index in [0.29, 0.717) is 29.2 Å². The van der Waals surface area contributed by atoms with Crippen molar-refractivity contribution in [3.8, 4) is 11.4 Å². The van der Waals surface area contributed by atoms with Crippen LogP contribution in [0.5, 0.6) is 0 Å². The Morgan fingerprint density at radius 1 is 0.935 bits per heavy atom. The van der Waals surface area contributed by atoms with E-state index in [9.17, 15) is 9.59 Å². The van der Waals surface area contributed by atoms with Crippen molar-refractivity contribution in [2.75, 3.05) is 0 Å². The first kappa shape index (κ1) is 20.8. The summed E-state index contributed by atoms with van der Waals surface area (Å²) in [7, 11) is 0. The fourth-order valence-electron chi connectivity index (χ4n) is 3.70. The lowest BCUT2D eigenvalue weighted by Gasteiger charge is -2.12. The van der Waals surface area contributed by atoms with Gasteiger partial charge in [-0.1, -0.05) is 68.2 Å². The van der Waals surface area contributed by atoms with Crippen LogP contribution in [0.3, 0.4) is 0 Å². The maximum Gasteiger partial charge on any atom is 0.331 e. The summed E-state index contributed by atoms with van der Waals surface area (Å²) in [5.41, 5.74) is 2.04. The van der Waals surface area contributed by atoms with Crippen LogP contribution in [-0.2, 0) is 19.5 Å². The van der Waals surface area contributed by atoms with Gasteiger partial charge in [0, 0.05) is 12.1 Å². The third-order valence-electron chi connectivity index (χ3n) is 5.50. The van der Waals surface area contributed by atoms with Crippen LogP contribution in [0.4, 0.5) is 0 Å². The molecule has 0 bridgehead atoms. The van der Waals surface area contributed by atoms with E-state index in [-0.39, 0.29) is 17.8 Å². The second-order valence-corrected chi connectivity index (χ2v) is 7.61. The van der Waals surface area contributed by atoms with Gasteiger partial charge in [-0.3, -0.25) is 13.9 Å². The highest BCUT2D eigenvalue weighted by molar-refractivity contribution is 5.77. The highest BCUT2D eigenvalue weighted by Crippen LogP contribution is 2.18. The van der Waals surface area contributed by atoms with Crippen LogP contribution in [0.15, 0.2) is 62.6 Å². The molecule has 160 valence electrons. The zero-order chi connectivity index (χ0) is 21.8. The fraction of sp³-hybridized carbons (Fsp3) is 0.333. The summed E-state index contributed by atoms with van der Waals surface area (Å²) in [4.78, 5) is 30.6. The normalized spacial score (nSPS) is 11.3. The molecule has 4 aromatic rings. The third kappa shape index (κ3) is 4.21. The number of nitrogens with zero attached hydrogens (tertiary/aromatic N) is 4. The molecule has 4 rings (SSSR count). The molecule has 2 heterocycles. The smallest absolute Gasteiger partial charge is 0.331 e. The van der Waals surface area contributed by atoms with Gasteiger partial charge in [-0.25, -0.2) is 4.79 Å². The molecule has 0 atom stereocenters. The largest absolute Gasteiger partial charge is 0.337 e. The number of para-hydroxylation sites is 1. The van der Waals surface area contributed by atoms with E-state index in [1.165, 1.54) is 10.1 Å². The Morgan fingerprint density at radius 2 is 1.71 bits per heavy atom. The summed E-state index contributed by atoms with van der Waals surface area (Å²) in [5.74, 6) is 0.798. The van der Waals surface area contributed by atoms with Gasteiger partial charge in [-0.05, 0) is 30.5 Å². The Hall–Kier alpha value is -3.48. The second-order valence-electron chi connectivity index (χ2n) is 7.61. The van der Waals surface area contributed by atoms with Crippen molar-refractivity contribution in [3.63, 3.8) is 0 Å². The Labute approximate surface area is 180 Å². The summed E-state index contributed by atoms with van der Waals surface area (Å²) in [6.07, 6.45) is 3.72. The zero-order valence-corrected chi connectivity index (χ0v) is 17.9. The van der Waals surface area contributed by atoms with Crippen LogP contribution in [-0.4, -0.2) is 19.3 Å². The van der Waals surface area contributed by atoms with E-state index in [0.717, 1.165) is 31.2 Å². The summed E-state index contributed by atoms with van der Waals surface area (Å²) in [6.45, 7) is 4.69. The van der Waals surface area contributed by atoms with Crippen LogP contribution in [0.1, 0.15) is 44.6 Å². The molecule has 0 N–H and O–H groups in total. The molecular weight excluding hydrogens is 392 g/mol. The molecule has 0 aliphatic carbocycles. The molecule has 0 fully saturated rings. The number of benzene rings is 2. The van der Waals surface area contributed by atoms with Crippen LogP contribution in [0, 0.1) is 0 Å². The van der Waals surface area contributed by atoms with Gasteiger partial charge in [0.2, 0.25) is 11.7 Å². The Bertz CT molecular complexity index is 1300. The molecule has 0 unspecified atom stereocenters. The number of rotatable bonds is 8. The first-order valence-corrected chi connectivity index (χ1v) is 10.8. The molecule has 2 aromatic carbocycles. The first-order chi connectivity index (χ1) is 15.1. The van der Waals surface area contributed by atoms with Gasteiger partial charge in [0.25, 0.3) is 5.56 Å². The third-order valence-corrected chi connectivity index (χ3v) is 5.50. The molecule has 7 nitrogen and oxygen atoms in total. The highest BCUT2D eigenvalue weighted by Gasteiger charge is 2.16. The molecule has 7 heteroatoms. The van der Waals surface area contributed by atoms with Gasteiger partial charge in [0.1, 0.15) is 6.54 Å². The second kappa shape index (κ2) is 9.12. The van der Waals surface area contributed by atoms with Crippen molar-refractivity contribution in [2.24, 2.45) is 0 Å². The summed E-state index contributed by atoms with van der Waals surface area (Å²) >= 11 is 0. The van der Waals surface area contributed by atoms with Crippen LogP contribution >= 0.6 is 0 Å². The predicted octanol–water partition coefficient (Wildman–Crippen LogP) is 4.01. The molecular formula is C24H26N4O3. The Kier molecular flexibility index (Phi) is 6.11. The number of aromatic nitrogens is 4. The predicted molar refractivity (Wildman–Crippen MR) is 120 cm³/mol. The van der Waals surface area contributed by atoms with Crippen molar-refractivity contribution in [1.29, 1.82) is 0 Å². The molecule has 0 spiro atoms. The van der Waals surface area contributed by atoms with Gasteiger partial charge in [0.15, 0.2) is 0 Å². The summed E-state index contributed by atoms with van der Waals surface area (Å²) < 4.78 is 8.30. The van der Waals surface area contributed by atoms with E-state index in [1.54, 1.807) is 22.8 Å². The maximum atomic E-state index is 13.2. The van der Waals surface area contributed by atoms with E-state index >= 15 is 0 Å². The zero-order valence-electron chi connectivity index (χ0n) is 17.9.